The standard InChI is InChI=1S/C9H5ClFNO2/c10-5-3-1-2-4-6(11)8(13)9(14)12-7(4)5/h1-3,13H,(H,12,14). The van der Waals surface area contributed by atoms with Gasteiger partial charge in [-0.25, -0.2) is 4.39 Å². The van der Waals surface area contributed by atoms with Crippen molar-refractivity contribution < 1.29 is 9.50 Å². The van der Waals surface area contributed by atoms with Crippen LogP contribution in [0.4, 0.5) is 4.39 Å². The molecule has 1 aromatic carbocycles. The van der Waals surface area contributed by atoms with Gasteiger partial charge >= 0.3 is 0 Å². The molecule has 0 saturated carbocycles. The Morgan fingerprint density at radius 3 is 2.86 bits per heavy atom. The minimum absolute atomic E-state index is 0.0922. The van der Waals surface area contributed by atoms with E-state index in [1.165, 1.54) is 18.2 Å². The maximum Gasteiger partial charge on any atom is 0.293 e. The van der Waals surface area contributed by atoms with E-state index in [0.717, 1.165) is 0 Å². The fourth-order valence-corrected chi connectivity index (χ4v) is 1.46. The van der Waals surface area contributed by atoms with Gasteiger partial charge in [0.2, 0.25) is 5.75 Å². The van der Waals surface area contributed by atoms with Crippen molar-refractivity contribution in [2.45, 2.75) is 0 Å². The Hall–Kier alpha value is -1.55. The normalized spacial score (nSPS) is 10.7. The third-order valence-corrected chi connectivity index (χ3v) is 2.23. The summed E-state index contributed by atoms with van der Waals surface area (Å²) in [7, 11) is 0. The first kappa shape index (κ1) is 9.02. The summed E-state index contributed by atoms with van der Waals surface area (Å²) in [6.07, 6.45) is 0. The van der Waals surface area contributed by atoms with Gasteiger partial charge in [-0.2, -0.15) is 0 Å². The lowest BCUT2D eigenvalue weighted by Gasteiger charge is -2.02. The Labute approximate surface area is 82.8 Å². The van der Waals surface area contributed by atoms with Crippen LogP contribution in [0.15, 0.2) is 23.0 Å². The van der Waals surface area contributed by atoms with Crippen LogP contribution < -0.4 is 5.56 Å². The van der Waals surface area contributed by atoms with Crippen molar-refractivity contribution in [3.8, 4) is 5.75 Å². The molecule has 2 rings (SSSR count). The predicted octanol–water partition coefficient (Wildman–Crippen LogP) is 2.03. The Bertz CT molecular complexity index is 564. The number of benzene rings is 1. The molecule has 0 saturated heterocycles. The molecule has 14 heavy (non-hydrogen) atoms. The summed E-state index contributed by atoms with van der Waals surface area (Å²) in [5, 5.41) is 9.36. The number of aromatic amines is 1. The minimum Gasteiger partial charge on any atom is -0.501 e. The van der Waals surface area contributed by atoms with E-state index in [2.05, 4.69) is 4.98 Å². The van der Waals surface area contributed by atoms with Crippen molar-refractivity contribution in [3.63, 3.8) is 0 Å². The highest BCUT2D eigenvalue weighted by Gasteiger charge is 2.12. The predicted molar refractivity (Wildman–Crippen MR) is 51.2 cm³/mol. The monoisotopic (exact) mass is 213 g/mol. The maximum absolute atomic E-state index is 13.3. The van der Waals surface area contributed by atoms with Crippen molar-refractivity contribution in [3.05, 3.63) is 39.4 Å². The molecule has 0 unspecified atom stereocenters. The second-order valence-corrected chi connectivity index (χ2v) is 3.19. The van der Waals surface area contributed by atoms with Crippen LogP contribution in [-0.2, 0) is 0 Å². The van der Waals surface area contributed by atoms with Crippen LogP contribution in [0.5, 0.6) is 5.75 Å². The fourth-order valence-electron chi connectivity index (χ4n) is 1.23. The molecule has 2 N–H and O–H groups in total. The van der Waals surface area contributed by atoms with Gasteiger partial charge in [-0.05, 0) is 12.1 Å². The molecule has 1 aromatic heterocycles. The second-order valence-electron chi connectivity index (χ2n) is 2.78. The summed E-state index contributed by atoms with van der Waals surface area (Å²) in [5.41, 5.74) is -0.697. The quantitative estimate of drug-likeness (QED) is 0.704. The van der Waals surface area contributed by atoms with Crippen LogP contribution in [0.2, 0.25) is 5.02 Å². The highest BCUT2D eigenvalue weighted by molar-refractivity contribution is 6.35. The molecule has 0 atom stereocenters. The van der Waals surface area contributed by atoms with Gasteiger partial charge in [0.05, 0.1) is 10.5 Å². The van der Waals surface area contributed by atoms with Crippen molar-refractivity contribution in [1.82, 2.24) is 4.98 Å². The molecule has 0 aliphatic rings. The van der Waals surface area contributed by atoms with Gasteiger partial charge in [-0.1, -0.05) is 17.7 Å². The van der Waals surface area contributed by atoms with Crippen LogP contribution in [0.1, 0.15) is 0 Å². The molecule has 0 aliphatic heterocycles. The summed E-state index contributed by atoms with van der Waals surface area (Å²) < 4.78 is 13.3. The first-order chi connectivity index (χ1) is 6.61. The zero-order valence-electron chi connectivity index (χ0n) is 6.84. The number of halogens is 2. The molecule has 0 aliphatic carbocycles. The number of hydrogen-bond donors (Lipinski definition) is 2. The van der Waals surface area contributed by atoms with Crippen LogP contribution >= 0.6 is 11.6 Å². The van der Waals surface area contributed by atoms with Crippen LogP contribution in [0.3, 0.4) is 0 Å². The number of H-pyrrole nitrogens is 1. The SMILES string of the molecule is O=c1[nH]c2c(Cl)cccc2c(F)c1O. The maximum atomic E-state index is 13.3. The van der Waals surface area contributed by atoms with E-state index < -0.39 is 17.1 Å². The van der Waals surface area contributed by atoms with E-state index in [0.29, 0.717) is 0 Å². The lowest BCUT2D eigenvalue weighted by Crippen LogP contribution is -2.07. The fraction of sp³-hybridized carbons (Fsp3) is 0. The van der Waals surface area contributed by atoms with Gasteiger partial charge in [0.15, 0.2) is 5.82 Å². The zero-order valence-corrected chi connectivity index (χ0v) is 7.60. The van der Waals surface area contributed by atoms with Gasteiger partial charge in [0.1, 0.15) is 0 Å². The van der Waals surface area contributed by atoms with Crippen molar-refractivity contribution in [1.29, 1.82) is 0 Å². The van der Waals surface area contributed by atoms with E-state index >= 15 is 0 Å². The number of para-hydroxylation sites is 1. The number of pyridine rings is 1. The number of aromatic nitrogens is 1. The average molecular weight is 214 g/mol. The second kappa shape index (κ2) is 2.99. The van der Waals surface area contributed by atoms with Gasteiger partial charge in [0, 0.05) is 5.39 Å². The average Bonchev–Trinajstić information content (AvgIpc) is 2.17. The molecule has 3 nitrogen and oxygen atoms in total. The lowest BCUT2D eigenvalue weighted by atomic mass is 10.2. The first-order valence-corrected chi connectivity index (χ1v) is 4.18. The zero-order chi connectivity index (χ0) is 10.3. The van der Waals surface area contributed by atoms with Gasteiger partial charge in [-0.15, -0.1) is 0 Å². The minimum atomic E-state index is -0.953. The highest BCUT2D eigenvalue weighted by Crippen LogP contribution is 2.25. The Balaban J connectivity index is 3.06. The lowest BCUT2D eigenvalue weighted by molar-refractivity contribution is 0.428. The van der Waals surface area contributed by atoms with Gasteiger partial charge in [0.25, 0.3) is 5.56 Å². The largest absolute Gasteiger partial charge is 0.501 e. The summed E-state index contributed by atoms with van der Waals surface area (Å²) in [5.74, 6) is -1.87. The van der Waals surface area contributed by atoms with Gasteiger partial charge in [-0.3, -0.25) is 4.79 Å². The number of aromatic hydroxyl groups is 1. The van der Waals surface area contributed by atoms with Crippen LogP contribution in [-0.4, -0.2) is 10.1 Å². The summed E-state index contributed by atoms with van der Waals surface area (Å²) in [4.78, 5) is 13.3. The molecular formula is C9H5ClFNO2. The molecule has 0 spiro atoms. The topological polar surface area (TPSA) is 53.1 Å². The molecule has 1 heterocycles. The number of nitrogens with one attached hydrogen (secondary N) is 1. The number of hydrogen-bond acceptors (Lipinski definition) is 2. The van der Waals surface area contributed by atoms with Crippen molar-refractivity contribution >= 4 is 22.5 Å². The molecular weight excluding hydrogens is 209 g/mol. The van der Waals surface area contributed by atoms with E-state index in [9.17, 15) is 9.18 Å². The summed E-state index contributed by atoms with van der Waals surface area (Å²) in [6, 6.07) is 4.48. The van der Waals surface area contributed by atoms with Crippen molar-refractivity contribution in [2.24, 2.45) is 0 Å². The molecule has 0 radical (unpaired) electrons. The molecule has 5 heteroatoms. The van der Waals surface area contributed by atoms with Gasteiger partial charge < -0.3 is 10.1 Å². The van der Waals surface area contributed by atoms with E-state index in [1.54, 1.807) is 0 Å². The third kappa shape index (κ3) is 1.15. The van der Waals surface area contributed by atoms with Crippen molar-refractivity contribution in [2.75, 3.05) is 0 Å². The van der Waals surface area contributed by atoms with E-state index in [4.69, 9.17) is 16.7 Å². The Kier molecular flexibility index (Phi) is 1.93. The van der Waals surface area contributed by atoms with E-state index in [-0.39, 0.29) is 15.9 Å². The number of fused-ring (bicyclic) bond motifs is 1. The highest BCUT2D eigenvalue weighted by atomic mass is 35.5. The molecule has 0 fully saturated rings. The molecule has 0 amide bonds. The van der Waals surface area contributed by atoms with E-state index in [1.807, 2.05) is 0 Å². The summed E-state index contributed by atoms with van der Waals surface area (Å²) >= 11 is 5.73. The Morgan fingerprint density at radius 2 is 2.14 bits per heavy atom. The Morgan fingerprint density at radius 1 is 1.43 bits per heavy atom. The first-order valence-electron chi connectivity index (χ1n) is 3.80. The molecule has 0 bridgehead atoms. The summed E-state index contributed by atoms with van der Waals surface area (Å²) in [6.45, 7) is 0. The van der Waals surface area contributed by atoms with Crippen LogP contribution in [0.25, 0.3) is 10.9 Å². The third-order valence-electron chi connectivity index (χ3n) is 1.91. The van der Waals surface area contributed by atoms with Crippen LogP contribution in [0, 0.1) is 5.82 Å². The smallest absolute Gasteiger partial charge is 0.293 e. The molecule has 2 aromatic rings. The molecule has 72 valence electrons. The number of rotatable bonds is 0.